The Kier molecular flexibility index (Phi) is 8.47. The van der Waals surface area contributed by atoms with Gasteiger partial charge in [0.1, 0.15) is 11.6 Å². The molecule has 0 spiro atoms. The Bertz CT molecular complexity index is 731. The molecule has 0 aliphatic heterocycles. The minimum Gasteiger partial charge on any atom is -0.345 e. The predicted molar refractivity (Wildman–Crippen MR) is 103 cm³/mol. The Morgan fingerprint density at radius 2 is 1.48 bits per heavy atom. The first-order valence-electron chi connectivity index (χ1n) is 9.03. The Balaban J connectivity index is 1.92. The maximum absolute atomic E-state index is 13.2. The quantitative estimate of drug-likeness (QED) is 0.549. The van der Waals surface area contributed by atoms with E-state index >= 15 is 0 Å². The second-order valence-corrected chi connectivity index (χ2v) is 6.24. The van der Waals surface area contributed by atoms with Gasteiger partial charge in [-0.2, -0.15) is 0 Å². The van der Waals surface area contributed by atoms with Crippen LogP contribution in [-0.2, 0) is 4.79 Å². The standard InChI is InChI=1S/C22H24F2N2O/c23-19-11-7-17(8-12-19)21(18-9-13-20(24)14-10-18)5-1-2-6-22(27)26-16-4-3-15-25/h7-14,21H,1-2,5-6,15-16,25H2,(H,26,27). The highest BCUT2D eigenvalue weighted by atomic mass is 19.1. The van der Waals surface area contributed by atoms with Crippen LogP contribution in [0.1, 0.15) is 42.7 Å². The number of unbranched alkanes of at least 4 members (excludes halogenated alkanes) is 1. The van der Waals surface area contributed by atoms with Crippen LogP contribution in [0.15, 0.2) is 48.5 Å². The molecule has 1 amide bonds. The highest BCUT2D eigenvalue weighted by molar-refractivity contribution is 5.76. The van der Waals surface area contributed by atoms with Gasteiger partial charge in [0.25, 0.3) is 0 Å². The molecule has 0 aromatic heterocycles. The smallest absolute Gasteiger partial charge is 0.220 e. The average molecular weight is 370 g/mol. The first kappa shape index (κ1) is 20.6. The van der Waals surface area contributed by atoms with Crippen LogP contribution < -0.4 is 11.1 Å². The van der Waals surface area contributed by atoms with Crippen LogP contribution in [-0.4, -0.2) is 19.0 Å². The molecule has 5 heteroatoms. The Morgan fingerprint density at radius 3 is 2.00 bits per heavy atom. The molecule has 0 radical (unpaired) electrons. The van der Waals surface area contributed by atoms with E-state index in [1.807, 2.05) is 0 Å². The predicted octanol–water partition coefficient (Wildman–Crippen LogP) is 3.74. The lowest BCUT2D eigenvalue weighted by Crippen LogP contribution is -2.23. The maximum Gasteiger partial charge on any atom is 0.220 e. The number of carbonyl (C=O) groups excluding carboxylic acids is 1. The lowest BCUT2D eigenvalue weighted by atomic mass is 9.87. The van der Waals surface area contributed by atoms with Crippen LogP contribution in [0.25, 0.3) is 0 Å². The van der Waals surface area contributed by atoms with E-state index in [0.29, 0.717) is 13.0 Å². The fourth-order valence-corrected chi connectivity index (χ4v) is 2.92. The van der Waals surface area contributed by atoms with Gasteiger partial charge < -0.3 is 11.1 Å². The molecular weight excluding hydrogens is 346 g/mol. The lowest BCUT2D eigenvalue weighted by Gasteiger charge is -2.18. The Morgan fingerprint density at radius 1 is 0.926 bits per heavy atom. The molecule has 0 aliphatic rings. The van der Waals surface area contributed by atoms with Crippen molar-refractivity contribution in [1.29, 1.82) is 0 Å². The van der Waals surface area contributed by atoms with Crippen molar-refractivity contribution in [3.8, 4) is 11.8 Å². The third-order valence-corrected chi connectivity index (χ3v) is 4.29. The molecule has 0 bridgehead atoms. The van der Waals surface area contributed by atoms with Crippen molar-refractivity contribution in [3.63, 3.8) is 0 Å². The zero-order valence-electron chi connectivity index (χ0n) is 15.2. The Hall–Kier alpha value is -2.71. The van der Waals surface area contributed by atoms with Crippen LogP contribution in [0.4, 0.5) is 8.78 Å². The van der Waals surface area contributed by atoms with Gasteiger partial charge in [0.15, 0.2) is 0 Å². The van der Waals surface area contributed by atoms with E-state index in [4.69, 9.17) is 5.73 Å². The molecule has 0 saturated heterocycles. The number of halogens is 2. The molecule has 27 heavy (non-hydrogen) atoms. The van der Waals surface area contributed by atoms with Crippen molar-refractivity contribution in [3.05, 3.63) is 71.3 Å². The largest absolute Gasteiger partial charge is 0.345 e. The van der Waals surface area contributed by atoms with E-state index < -0.39 is 0 Å². The summed E-state index contributed by atoms with van der Waals surface area (Å²) in [7, 11) is 0. The minimum atomic E-state index is -0.286. The number of nitrogens with two attached hydrogens (primary N) is 1. The van der Waals surface area contributed by atoms with Gasteiger partial charge in [-0.25, -0.2) is 8.78 Å². The molecule has 0 heterocycles. The number of hydrogen-bond acceptors (Lipinski definition) is 2. The highest BCUT2D eigenvalue weighted by Gasteiger charge is 2.14. The minimum absolute atomic E-state index is 0.0321. The summed E-state index contributed by atoms with van der Waals surface area (Å²) in [6.45, 7) is 0.591. The van der Waals surface area contributed by atoms with E-state index in [-0.39, 0.29) is 30.0 Å². The Labute approximate surface area is 159 Å². The second kappa shape index (κ2) is 11.1. The van der Waals surface area contributed by atoms with Crippen LogP contribution in [0.2, 0.25) is 0 Å². The molecule has 2 rings (SSSR count). The molecule has 3 nitrogen and oxygen atoms in total. The van der Waals surface area contributed by atoms with Crippen molar-refractivity contribution in [1.82, 2.24) is 5.32 Å². The second-order valence-electron chi connectivity index (χ2n) is 6.24. The molecule has 2 aromatic carbocycles. The van der Waals surface area contributed by atoms with Crippen molar-refractivity contribution in [2.75, 3.05) is 13.1 Å². The van der Waals surface area contributed by atoms with Crippen LogP contribution in [0.3, 0.4) is 0 Å². The summed E-state index contributed by atoms with van der Waals surface area (Å²) in [5.41, 5.74) is 7.21. The first-order valence-corrected chi connectivity index (χ1v) is 9.03. The fraction of sp³-hybridized carbons (Fsp3) is 0.318. The number of nitrogens with one attached hydrogen (secondary N) is 1. The maximum atomic E-state index is 13.2. The number of hydrogen-bond donors (Lipinski definition) is 2. The summed E-state index contributed by atoms with van der Waals surface area (Å²) >= 11 is 0. The van der Waals surface area contributed by atoms with Gasteiger partial charge in [0, 0.05) is 12.3 Å². The zero-order valence-corrected chi connectivity index (χ0v) is 15.2. The molecule has 0 unspecified atom stereocenters. The highest BCUT2D eigenvalue weighted by Crippen LogP contribution is 2.30. The van der Waals surface area contributed by atoms with Crippen molar-refractivity contribution in [2.45, 2.75) is 31.6 Å². The number of benzene rings is 2. The molecule has 3 N–H and O–H groups in total. The molecule has 142 valence electrons. The third kappa shape index (κ3) is 7.20. The summed E-state index contributed by atoms with van der Waals surface area (Å²) in [6.07, 6.45) is 2.76. The monoisotopic (exact) mass is 370 g/mol. The molecule has 0 saturated carbocycles. The summed E-state index contributed by atoms with van der Waals surface area (Å²) in [6, 6.07) is 12.8. The molecule has 0 fully saturated rings. The molecule has 0 aliphatic carbocycles. The van der Waals surface area contributed by atoms with Gasteiger partial charge in [0.05, 0.1) is 13.1 Å². The van der Waals surface area contributed by atoms with Gasteiger partial charge in [0.2, 0.25) is 5.91 Å². The first-order chi connectivity index (χ1) is 13.1. The van der Waals surface area contributed by atoms with Gasteiger partial charge in [-0.05, 0) is 48.2 Å². The van der Waals surface area contributed by atoms with Crippen LogP contribution in [0, 0.1) is 23.5 Å². The topological polar surface area (TPSA) is 55.1 Å². The average Bonchev–Trinajstić information content (AvgIpc) is 2.67. The van der Waals surface area contributed by atoms with E-state index in [0.717, 1.165) is 30.4 Å². The summed E-state index contributed by atoms with van der Waals surface area (Å²) in [5.74, 6) is 4.87. The third-order valence-electron chi connectivity index (χ3n) is 4.29. The van der Waals surface area contributed by atoms with E-state index in [1.165, 1.54) is 24.3 Å². The SMILES string of the molecule is NCC#CCNC(=O)CCCCC(c1ccc(F)cc1)c1ccc(F)cc1. The number of amides is 1. The normalized spacial score (nSPS) is 10.4. The van der Waals surface area contributed by atoms with Crippen LogP contribution >= 0.6 is 0 Å². The summed E-state index contributed by atoms with van der Waals surface area (Å²) < 4.78 is 26.5. The van der Waals surface area contributed by atoms with E-state index in [9.17, 15) is 13.6 Å². The summed E-state index contributed by atoms with van der Waals surface area (Å²) in [4.78, 5) is 11.8. The molecule has 2 aromatic rings. The summed E-state index contributed by atoms with van der Waals surface area (Å²) in [5, 5.41) is 2.73. The fourth-order valence-electron chi connectivity index (χ4n) is 2.92. The van der Waals surface area contributed by atoms with Crippen LogP contribution in [0.5, 0.6) is 0 Å². The van der Waals surface area contributed by atoms with Gasteiger partial charge in [-0.3, -0.25) is 4.79 Å². The van der Waals surface area contributed by atoms with Crippen molar-refractivity contribution < 1.29 is 13.6 Å². The number of carbonyl (C=O) groups is 1. The zero-order chi connectivity index (χ0) is 19.5. The molecule has 0 atom stereocenters. The van der Waals surface area contributed by atoms with Gasteiger partial charge in [-0.1, -0.05) is 42.5 Å². The van der Waals surface area contributed by atoms with E-state index in [2.05, 4.69) is 17.2 Å². The van der Waals surface area contributed by atoms with Crippen molar-refractivity contribution >= 4 is 5.91 Å². The lowest BCUT2D eigenvalue weighted by molar-refractivity contribution is -0.120. The van der Waals surface area contributed by atoms with Crippen molar-refractivity contribution in [2.24, 2.45) is 5.73 Å². The van der Waals surface area contributed by atoms with E-state index in [1.54, 1.807) is 24.3 Å². The number of rotatable bonds is 8. The van der Waals surface area contributed by atoms with Gasteiger partial charge in [-0.15, -0.1) is 0 Å². The van der Waals surface area contributed by atoms with Gasteiger partial charge >= 0.3 is 0 Å². The molecular formula is C22H24F2N2O.